The number of aliphatic hydroxyl groups excluding tert-OH is 1. The number of hydrogen-bond acceptors (Lipinski definition) is 4. The monoisotopic (exact) mass is 440 g/mol. The minimum absolute atomic E-state index is 0.0426. The number of aliphatic hydroxyl groups is 1. The summed E-state index contributed by atoms with van der Waals surface area (Å²) < 4.78 is 7.04. The van der Waals surface area contributed by atoms with Crippen LogP contribution in [0.4, 0.5) is 0 Å². The van der Waals surface area contributed by atoms with Gasteiger partial charge in [-0.3, -0.25) is 9.59 Å². The molecule has 1 aliphatic rings. The molecule has 162 valence electrons. The Labute approximate surface area is 185 Å². The smallest absolute Gasteiger partial charge is 0.257 e. The lowest BCUT2D eigenvalue weighted by molar-refractivity contribution is 0.0716. The summed E-state index contributed by atoms with van der Waals surface area (Å²) in [5.41, 5.74) is 1.23. The van der Waals surface area contributed by atoms with E-state index in [0.717, 1.165) is 24.2 Å². The number of aromatic nitrogens is 1. The van der Waals surface area contributed by atoms with Crippen molar-refractivity contribution in [1.82, 2.24) is 9.88 Å². The number of rotatable bonds is 5. The molecule has 1 heterocycles. The highest BCUT2D eigenvalue weighted by molar-refractivity contribution is 6.35. The highest BCUT2D eigenvalue weighted by Crippen LogP contribution is 2.24. The first-order valence-electron chi connectivity index (χ1n) is 10.4. The number of carbonyl (C=O) groups is 1. The van der Waals surface area contributed by atoms with Crippen molar-refractivity contribution in [3.05, 3.63) is 75.0 Å². The van der Waals surface area contributed by atoms with Crippen molar-refractivity contribution < 1.29 is 14.6 Å². The molecule has 1 saturated carbocycles. The molecule has 2 aromatic carbocycles. The van der Waals surface area contributed by atoms with Gasteiger partial charge in [0.05, 0.1) is 29.8 Å². The fourth-order valence-corrected chi connectivity index (χ4v) is 4.44. The van der Waals surface area contributed by atoms with Crippen LogP contribution in [0.25, 0.3) is 10.9 Å². The fraction of sp³-hybridized carbons (Fsp3) is 0.333. The molecule has 6 nitrogen and oxygen atoms in total. The normalized spacial score (nSPS) is 18.7. The van der Waals surface area contributed by atoms with Gasteiger partial charge in [0.25, 0.3) is 5.91 Å². The maximum absolute atomic E-state index is 13.1. The van der Waals surface area contributed by atoms with E-state index >= 15 is 0 Å². The zero-order valence-corrected chi connectivity index (χ0v) is 18.1. The van der Waals surface area contributed by atoms with Gasteiger partial charge in [-0.1, -0.05) is 42.6 Å². The van der Waals surface area contributed by atoms with Crippen LogP contribution in [-0.2, 0) is 6.54 Å². The average molecular weight is 441 g/mol. The van der Waals surface area contributed by atoms with Crippen molar-refractivity contribution >= 4 is 28.4 Å². The number of ether oxygens (including phenoxy) is 1. The lowest BCUT2D eigenvalue weighted by Crippen LogP contribution is -2.46. The van der Waals surface area contributed by atoms with E-state index in [2.05, 4.69) is 5.32 Å². The molecule has 1 aliphatic carbocycles. The summed E-state index contributed by atoms with van der Waals surface area (Å²) in [7, 11) is 1.61. The molecule has 4 rings (SSSR count). The van der Waals surface area contributed by atoms with Gasteiger partial charge in [-0.2, -0.15) is 0 Å². The van der Waals surface area contributed by atoms with Crippen LogP contribution < -0.4 is 15.5 Å². The first-order valence-corrected chi connectivity index (χ1v) is 10.8. The van der Waals surface area contributed by atoms with E-state index in [1.54, 1.807) is 31.5 Å². The first kappa shape index (κ1) is 21.4. The maximum atomic E-state index is 13.1. The standard InChI is InChI=1S/C24H25ClN2O4/c1-31-16-11-9-15(10-12-16)13-27-14-18(23(29)17-5-4-6-19(25)22(17)27)24(30)26-20-7-2-3-8-21(20)28/h4-6,9-12,14,20-21,28H,2-3,7-8,13H2,1H3,(H,26,30)/t20-,21-/m0/s1. The van der Waals surface area contributed by atoms with Crippen molar-refractivity contribution in [3.63, 3.8) is 0 Å². The molecule has 31 heavy (non-hydrogen) atoms. The number of amides is 1. The number of fused-ring (bicyclic) bond motifs is 1. The maximum Gasteiger partial charge on any atom is 0.257 e. The van der Waals surface area contributed by atoms with Gasteiger partial charge < -0.3 is 19.7 Å². The second-order valence-corrected chi connectivity index (χ2v) is 8.32. The van der Waals surface area contributed by atoms with Crippen LogP contribution in [0.15, 0.2) is 53.5 Å². The molecule has 2 N–H and O–H groups in total. The van der Waals surface area contributed by atoms with Crippen LogP contribution >= 0.6 is 11.6 Å². The van der Waals surface area contributed by atoms with Crippen molar-refractivity contribution in [2.45, 2.75) is 44.4 Å². The van der Waals surface area contributed by atoms with Gasteiger partial charge in [0.2, 0.25) is 5.43 Å². The van der Waals surface area contributed by atoms with Crippen LogP contribution in [0.2, 0.25) is 5.02 Å². The molecule has 7 heteroatoms. The number of nitrogens with zero attached hydrogens (tertiary/aromatic N) is 1. The zero-order chi connectivity index (χ0) is 22.0. The molecule has 0 aliphatic heterocycles. The third-order valence-corrected chi connectivity index (χ3v) is 6.16. The van der Waals surface area contributed by atoms with Gasteiger partial charge >= 0.3 is 0 Å². The summed E-state index contributed by atoms with van der Waals surface area (Å²) >= 11 is 6.44. The lowest BCUT2D eigenvalue weighted by Gasteiger charge is -2.28. The molecule has 1 fully saturated rings. The summed E-state index contributed by atoms with van der Waals surface area (Å²) in [6.45, 7) is 0.427. The summed E-state index contributed by atoms with van der Waals surface area (Å²) in [6.07, 6.45) is 4.21. The topological polar surface area (TPSA) is 80.6 Å². The largest absolute Gasteiger partial charge is 0.497 e. The molecular formula is C24H25ClN2O4. The Morgan fingerprint density at radius 3 is 2.65 bits per heavy atom. The second kappa shape index (κ2) is 9.12. The van der Waals surface area contributed by atoms with E-state index in [1.165, 1.54) is 0 Å². The Balaban J connectivity index is 1.74. The summed E-state index contributed by atoms with van der Waals surface area (Å²) in [5.74, 6) is 0.277. The van der Waals surface area contributed by atoms with Crippen LogP contribution in [0, 0.1) is 0 Å². The molecule has 0 bridgehead atoms. The van der Waals surface area contributed by atoms with Crippen LogP contribution in [0.5, 0.6) is 5.75 Å². The molecule has 0 radical (unpaired) electrons. The summed E-state index contributed by atoms with van der Waals surface area (Å²) in [5, 5.41) is 13.9. The zero-order valence-electron chi connectivity index (χ0n) is 17.3. The fourth-order valence-electron chi connectivity index (χ4n) is 4.15. The average Bonchev–Trinajstić information content (AvgIpc) is 2.77. The van der Waals surface area contributed by atoms with Gasteiger partial charge in [0.1, 0.15) is 11.3 Å². The Bertz CT molecular complexity index is 1160. The predicted octanol–water partition coefficient (Wildman–Crippen LogP) is 3.75. The summed E-state index contributed by atoms with van der Waals surface area (Å²) in [6, 6.07) is 12.4. The van der Waals surface area contributed by atoms with E-state index in [1.807, 2.05) is 28.8 Å². The Hall–Kier alpha value is -2.83. The number of methoxy groups -OCH3 is 1. The van der Waals surface area contributed by atoms with E-state index in [0.29, 0.717) is 35.3 Å². The van der Waals surface area contributed by atoms with Gasteiger partial charge in [-0.25, -0.2) is 0 Å². The molecule has 2 atom stereocenters. The van der Waals surface area contributed by atoms with E-state index < -0.39 is 12.0 Å². The number of para-hydroxylation sites is 1. The quantitative estimate of drug-likeness (QED) is 0.633. The highest BCUT2D eigenvalue weighted by Gasteiger charge is 2.26. The van der Waals surface area contributed by atoms with E-state index in [9.17, 15) is 14.7 Å². The number of hydrogen-bond donors (Lipinski definition) is 2. The Morgan fingerprint density at radius 1 is 1.19 bits per heavy atom. The van der Waals surface area contributed by atoms with Crippen molar-refractivity contribution in [2.24, 2.45) is 0 Å². The van der Waals surface area contributed by atoms with Gasteiger partial charge in [-0.15, -0.1) is 0 Å². The second-order valence-electron chi connectivity index (χ2n) is 7.92. The minimum Gasteiger partial charge on any atom is -0.497 e. The molecule has 1 aromatic heterocycles. The Morgan fingerprint density at radius 2 is 1.94 bits per heavy atom. The van der Waals surface area contributed by atoms with E-state index in [-0.39, 0.29) is 17.0 Å². The van der Waals surface area contributed by atoms with Gasteiger partial charge in [-0.05, 0) is 42.7 Å². The molecule has 3 aromatic rings. The van der Waals surface area contributed by atoms with Crippen molar-refractivity contribution in [1.29, 1.82) is 0 Å². The van der Waals surface area contributed by atoms with E-state index in [4.69, 9.17) is 16.3 Å². The lowest BCUT2D eigenvalue weighted by atomic mass is 9.92. The molecular weight excluding hydrogens is 416 g/mol. The SMILES string of the molecule is COc1ccc(Cn2cc(C(=O)N[C@H]3CCCC[C@@H]3O)c(=O)c3cccc(Cl)c32)cc1. The van der Waals surface area contributed by atoms with Crippen molar-refractivity contribution in [3.8, 4) is 5.75 Å². The number of carbonyl (C=O) groups excluding carboxylic acids is 1. The molecule has 1 amide bonds. The Kier molecular flexibility index (Phi) is 6.30. The third kappa shape index (κ3) is 4.45. The number of pyridine rings is 1. The summed E-state index contributed by atoms with van der Waals surface area (Å²) in [4.78, 5) is 26.1. The number of halogens is 1. The highest BCUT2D eigenvalue weighted by atomic mass is 35.5. The number of nitrogens with one attached hydrogen (secondary N) is 1. The van der Waals surface area contributed by atoms with Gasteiger partial charge in [0, 0.05) is 18.1 Å². The minimum atomic E-state index is -0.589. The van der Waals surface area contributed by atoms with Gasteiger partial charge in [0.15, 0.2) is 0 Å². The molecule has 0 saturated heterocycles. The van der Waals surface area contributed by atoms with Crippen LogP contribution in [0.3, 0.4) is 0 Å². The third-order valence-electron chi connectivity index (χ3n) is 5.85. The molecule has 0 spiro atoms. The van der Waals surface area contributed by atoms with Crippen LogP contribution in [0.1, 0.15) is 41.6 Å². The molecule has 0 unspecified atom stereocenters. The van der Waals surface area contributed by atoms with Crippen LogP contribution in [-0.4, -0.2) is 34.8 Å². The first-order chi connectivity index (χ1) is 15.0. The predicted molar refractivity (Wildman–Crippen MR) is 121 cm³/mol. The number of benzene rings is 2. The van der Waals surface area contributed by atoms with Crippen molar-refractivity contribution in [2.75, 3.05) is 7.11 Å².